The van der Waals surface area contributed by atoms with E-state index in [4.69, 9.17) is 0 Å². The van der Waals surface area contributed by atoms with E-state index >= 15 is 0 Å². The topological polar surface area (TPSA) is 69.8 Å². The van der Waals surface area contributed by atoms with Gasteiger partial charge in [0.25, 0.3) is 0 Å². The van der Waals surface area contributed by atoms with Gasteiger partial charge in [0.2, 0.25) is 5.91 Å². The van der Waals surface area contributed by atoms with Crippen LogP contribution in [0.1, 0.15) is 32.4 Å². The third kappa shape index (κ3) is 2.66. The van der Waals surface area contributed by atoms with Gasteiger partial charge in [-0.2, -0.15) is 5.10 Å². The summed E-state index contributed by atoms with van der Waals surface area (Å²) in [6.45, 7) is 8.01. The van der Waals surface area contributed by atoms with Crippen molar-refractivity contribution < 1.29 is 4.79 Å². The summed E-state index contributed by atoms with van der Waals surface area (Å²) >= 11 is 0. The number of amides is 1. The number of anilines is 1. The summed E-state index contributed by atoms with van der Waals surface area (Å²) in [4.78, 5) is 11.9. The SMILES string of the molecule is CC(C)c1cc(NC(=O)C(C)C2CNC2)n[nH]1. The largest absolute Gasteiger partial charge is 0.316 e. The Labute approximate surface area is 101 Å². The summed E-state index contributed by atoms with van der Waals surface area (Å²) in [6.07, 6.45) is 0. The summed E-state index contributed by atoms with van der Waals surface area (Å²) in [5, 5.41) is 13.1. The molecule has 1 aliphatic rings. The minimum absolute atomic E-state index is 0.0375. The van der Waals surface area contributed by atoms with Crippen molar-refractivity contribution in [3.05, 3.63) is 11.8 Å². The summed E-state index contributed by atoms with van der Waals surface area (Å²) in [7, 11) is 0. The van der Waals surface area contributed by atoms with Gasteiger partial charge in [0.1, 0.15) is 0 Å². The van der Waals surface area contributed by atoms with Gasteiger partial charge in [-0.15, -0.1) is 0 Å². The summed E-state index contributed by atoms with van der Waals surface area (Å²) in [5.41, 5.74) is 1.04. The highest BCUT2D eigenvalue weighted by molar-refractivity contribution is 5.91. The van der Waals surface area contributed by atoms with Gasteiger partial charge in [-0.1, -0.05) is 20.8 Å². The first-order valence-corrected chi connectivity index (χ1v) is 6.15. The molecule has 17 heavy (non-hydrogen) atoms. The van der Waals surface area contributed by atoms with Crippen molar-refractivity contribution in [3.63, 3.8) is 0 Å². The summed E-state index contributed by atoms with van der Waals surface area (Å²) in [6, 6.07) is 1.90. The van der Waals surface area contributed by atoms with Crippen LogP contribution in [-0.2, 0) is 4.79 Å². The van der Waals surface area contributed by atoms with Crippen molar-refractivity contribution in [3.8, 4) is 0 Å². The van der Waals surface area contributed by atoms with Gasteiger partial charge in [-0.3, -0.25) is 9.89 Å². The fourth-order valence-corrected chi connectivity index (χ4v) is 1.82. The maximum Gasteiger partial charge on any atom is 0.228 e. The third-order valence-electron chi connectivity index (χ3n) is 3.40. The number of aromatic amines is 1. The molecule has 0 aliphatic carbocycles. The average molecular weight is 236 g/mol. The molecule has 2 rings (SSSR count). The Morgan fingerprint density at radius 2 is 2.18 bits per heavy atom. The number of hydrogen-bond acceptors (Lipinski definition) is 3. The zero-order valence-electron chi connectivity index (χ0n) is 10.6. The van der Waals surface area contributed by atoms with E-state index in [1.165, 1.54) is 0 Å². The first kappa shape index (κ1) is 12.1. The van der Waals surface area contributed by atoms with Crippen LogP contribution in [0, 0.1) is 11.8 Å². The number of nitrogens with zero attached hydrogens (tertiary/aromatic N) is 1. The predicted octanol–water partition coefficient (Wildman–Crippen LogP) is 1.33. The lowest BCUT2D eigenvalue weighted by atomic mass is 9.88. The van der Waals surface area contributed by atoms with Crippen LogP contribution in [0.5, 0.6) is 0 Å². The molecule has 3 N–H and O–H groups in total. The zero-order chi connectivity index (χ0) is 12.4. The number of carbonyl (C=O) groups is 1. The normalized spacial score (nSPS) is 17.9. The molecule has 1 unspecified atom stereocenters. The Morgan fingerprint density at radius 1 is 1.47 bits per heavy atom. The number of carbonyl (C=O) groups excluding carboxylic acids is 1. The minimum atomic E-state index is 0.0375. The molecule has 1 aromatic heterocycles. The Hall–Kier alpha value is -1.36. The van der Waals surface area contributed by atoms with Crippen LogP contribution < -0.4 is 10.6 Å². The van der Waals surface area contributed by atoms with Gasteiger partial charge < -0.3 is 10.6 Å². The highest BCUT2D eigenvalue weighted by atomic mass is 16.2. The first-order valence-electron chi connectivity index (χ1n) is 6.15. The van der Waals surface area contributed by atoms with Gasteiger partial charge in [-0.05, 0) is 24.9 Å². The van der Waals surface area contributed by atoms with Crippen LogP contribution in [0.3, 0.4) is 0 Å². The Kier molecular flexibility index (Phi) is 3.47. The first-order chi connectivity index (χ1) is 8.08. The molecular weight excluding hydrogens is 216 g/mol. The van der Waals surface area contributed by atoms with Crippen molar-refractivity contribution in [2.24, 2.45) is 11.8 Å². The molecule has 0 bridgehead atoms. The average Bonchev–Trinajstić information content (AvgIpc) is 2.63. The van der Waals surface area contributed by atoms with Crippen LogP contribution >= 0.6 is 0 Å². The van der Waals surface area contributed by atoms with Crippen LogP contribution in [-0.4, -0.2) is 29.2 Å². The van der Waals surface area contributed by atoms with Crippen LogP contribution in [0.15, 0.2) is 6.07 Å². The van der Waals surface area contributed by atoms with E-state index in [0.29, 0.717) is 17.7 Å². The summed E-state index contributed by atoms with van der Waals surface area (Å²) in [5.74, 6) is 1.56. The molecule has 1 amide bonds. The maximum absolute atomic E-state index is 11.9. The fourth-order valence-electron chi connectivity index (χ4n) is 1.82. The fraction of sp³-hybridized carbons (Fsp3) is 0.667. The van der Waals surface area contributed by atoms with Crippen molar-refractivity contribution in [2.45, 2.75) is 26.7 Å². The van der Waals surface area contributed by atoms with Gasteiger partial charge >= 0.3 is 0 Å². The van der Waals surface area contributed by atoms with E-state index in [1.54, 1.807) is 0 Å². The molecule has 0 radical (unpaired) electrons. The molecular formula is C12H20N4O. The van der Waals surface area contributed by atoms with E-state index in [1.807, 2.05) is 13.0 Å². The third-order valence-corrected chi connectivity index (χ3v) is 3.40. The standard InChI is InChI=1S/C12H20N4O/c1-7(2)10-4-11(16-15-10)14-12(17)8(3)9-5-13-6-9/h4,7-9,13H,5-6H2,1-3H3,(H2,14,15,16,17). The molecule has 5 heteroatoms. The van der Waals surface area contributed by atoms with Crippen molar-refractivity contribution in [1.82, 2.24) is 15.5 Å². The molecule has 0 saturated carbocycles. The lowest BCUT2D eigenvalue weighted by Crippen LogP contribution is -2.48. The molecule has 0 aromatic carbocycles. The van der Waals surface area contributed by atoms with E-state index in [0.717, 1.165) is 18.8 Å². The molecule has 0 spiro atoms. The van der Waals surface area contributed by atoms with Crippen LogP contribution in [0.2, 0.25) is 0 Å². The lowest BCUT2D eigenvalue weighted by molar-refractivity contribution is -0.121. The second-order valence-electron chi connectivity index (χ2n) is 5.06. The predicted molar refractivity (Wildman–Crippen MR) is 66.8 cm³/mol. The van der Waals surface area contributed by atoms with Crippen LogP contribution in [0.25, 0.3) is 0 Å². The smallest absolute Gasteiger partial charge is 0.228 e. The quantitative estimate of drug-likeness (QED) is 0.738. The molecule has 1 aromatic rings. The van der Waals surface area contributed by atoms with Gasteiger partial charge in [0.05, 0.1) is 0 Å². The highest BCUT2D eigenvalue weighted by Gasteiger charge is 2.28. The van der Waals surface area contributed by atoms with Crippen molar-refractivity contribution >= 4 is 11.7 Å². The van der Waals surface area contributed by atoms with E-state index < -0.39 is 0 Å². The van der Waals surface area contributed by atoms with Gasteiger partial charge in [0.15, 0.2) is 5.82 Å². The van der Waals surface area contributed by atoms with Crippen molar-refractivity contribution in [2.75, 3.05) is 18.4 Å². The number of H-pyrrole nitrogens is 1. The molecule has 1 saturated heterocycles. The van der Waals surface area contributed by atoms with E-state index in [9.17, 15) is 4.79 Å². The molecule has 1 aliphatic heterocycles. The molecule has 94 valence electrons. The molecule has 5 nitrogen and oxygen atoms in total. The summed E-state index contributed by atoms with van der Waals surface area (Å²) < 4.78 is 0. The Balaban J connectivity index is 1.92. The number of rotatable bonds is 4. The number of aromatic nitrogens is 2. The van der Waals surface area contributed by atoms with Crippen LogP contribution in [0.4, 0.5) is 5.82 Å². The van der Waals surface area contributed by atoms with Gasteiger partial charge in [-0.25, -0.2) is 0 Å². The Morgan fingerprint density at radius 3 is 2.65 bits per heavy atom. The molecule has 1 atom stereocenters. The molecule has 1 fully saturated rings. The molecule has 2 heterocycles. The second kappa shape index (κ2) is 4.87. The highest BCUT2D eigenvalue weighted by Crippen LogP contribution is 2.19. The van der Waals surface area contributed by atoms with Crippen molar-refractivity contribution in [1.29, 1.82) is 0 Å². The lowest BCUT2D eigenvalue weighted by Gasteiger charge is -2.31. The minimum Gasteiger partial charge on any atom is -0.316 e. The van der Waals surface area contributed by atoms with E-state index in [-0.39, 0.29) is 11.8 Å². The zero-order valence-corrected chi connectivity index (χ0v) is 10.6. The number of hydrogen-bond donors (Lipinski definition) is 3. The monoisotopic (exact) mass is 236 g/mol. The van der Waals surface area contributed by atoms with Gasteiger partial charge in [0, 0.05) is 17.7 Å². The second-order valence-corrected chi connectivity index (χ2v) is 5.06. The maximum atomic E-state index is 11.9. The Bertz CT molecular complexity index is 395. The van der Waals surface area contributed by atoms with E-state index in [2.05, 4.69) is 34.7 Å². The number of nitrogens with one attached hydrogen (secondary N) is 3.